The molecule has 0 aliphatic carbocycles. The van der Waals surface area contributed by atoms with Gasteiger partial charge in [-0.2, -0.15) is 0 Å². The predicted octanol–water partition coefficient (Wildman–Crippen LogP) is 8.36. The van der Waals surface area contributed by atoms with E-state index >= 15 is 0 Å². The van der Waals surface area contributed by atoms with Gasteiger partial charge in [-0.05, 0) is 163 Å². The number of aromatic nitrogens is 4. The molecule has 9 rings (SSSR count). The molecule has 27 heteroatoms. The SMILES string of the molecule is CCN(C)c1ccccn1.CCN(C)c1ccncc1.CCN1CCOCC1.CCNC(=O)N1CCCC1.CCNC(=O)N1CCCCC1.CCNC(=O)N1CCN(C)CC1.CCNC(=O)N1CCNCC1.CCNC(=O)NCC.CCNc1ccccn1.CCNc1ccncc1. The first-order valence-electron chi connectivity index (χ1n) is 35.9. The predicted molar refractivity (Wildman–Crippen MR) is 405 cm³/mol. The molecule has 4 aromatic rings. The molecule has 9 heterocycles. The molecule has 5 aliphatic heterocycles. The van der Waals surface area contributed by atoms with Crippen LogP contribution in [-0.2, 0) is 4.74 Å². The number of piperidine rings is 1. The van der Waals surface area contributed by atoms with Crippen molar-refractivity contribution >= 4 is 53.2 Å². The van der Waals surface area contributed by atoms with Gasteiger partial charge in [-0.1, -0.05) is 19.1 Å². The number of likely N-dealkylation sites (tertiary alicyclic amines) is 2. The third-order valence-corrected chi connectivity index (χ3v) is 14.9. The monoisotopic (exact) mass is 1370 g/mol. The molecule has 98 heavy (non-hydrogen) atoms. The van der Waals surface area contributed by atoms with Gasteiger partial charge in [0, 0.05) is 220 Å². The topological polar surface area (TPSA) is 280 Å². The van der Waals surface area contributed by atoms with Crippen LogP contribution in [0, 0.1) is 0 Å². The van der Waals surface area contributed by atoms with Crippen molar-refractivity contribution in [3.63, 3.8) is 0 Å². The lowest BCUT2D eigenvalue weighted by atomic mass is 10.1. The number of hydrogen-bond donors (Lipinski definition) is 9. The van der Waals surface area contributed by atoms with E-state index in [-0.39, 0.29) is 30.2 Å². The van der Waals surface area contributed by atoms with E-state index in [1.165, 1.54) is 18.7 Å². The Bertz CT molecular complexity index is 2350. The van der Waals surface area contributed by atoms with Crippen LogP contribution >= 0.6 is 0 Å². The van der Waals surface area contributed by atoms with E-state index in [2.05, 4.69) is 136 Å². The van der Waals surface area contributed by atoms with Crippen LogP contribution in [0.3, 0.4) is 0 Å². The van der Waals surface area contributed by atoms with Gasteiger partial charge in [-0.15, -0.1) is 0 Å². The minimum atomic E-state index is -0.0880. The highest BCUT2D eigenvalue weighted by Gasteiger charge is 2.19. The molecular weight excluding hydrogens is 1240 g/mol. The molecule has 9 N–H and O–H groups in total. The summed E-state index contributed by atoms with van der Waals surface area (Å²) in [5.74, 6) is 1.98. The van der Waals surface area contributed by atoms with Crippen LogP contribution in [0.4, 0.5) is 47.0 Å². The summed E-state index contributed by atoms with van der Waals surface area (Å²) in [4.78, 5) is 87.6. The van der Waals surface area contributed by atoms with Crippen molar-refractivity contribution in [2.75, 3.05) is 218 Å². The zero-order valence-electron chi connectivity index (χ0n) is 62.7. The number of carbonyl (C=O) groups excluding carboxylic acids is 5. The number of likely N-dealkylation sites (N-methyl/N-ethyl adjacent to an activating group) is 2. The summed E-state index contributed by atoms with van der Waals surface area (Å²) in [7, 11) is 6.17. The van der Waals surface area contributed by atoms with Gasteiger partial charge < -0.3 is 86.9 Å². The summed E-state index contributed by atoms with van der Waals surface area (Å²) in [6.07, 6.45) is 16.7. The Kier molecular flexibility index (Phi) is 57.4. The number of ether oxygens (including phenoxy) is 1. The molecule has 0 unspecified atom stereocenters. The maximum atomic E-state index is 11.3. The maximum absolute atomic E-state index is 11.3. The largest absolute Gasteiger partial charge is 0.385 e. The summed E-state index contributed by atoms with van der Waals surface area (Å²) >= 11 is 0. The Balaban J connectivity index is 0.00000107. The summed E-state index contributed by atoms with van der Waals surface area (Å²) in [5, 5.41) is 25.8. The van der Waals surface area contributed by atoms with E-state index in [1.54, 1.807) is 18.6 Å². The number of anilines is 4. The number of urea groups is 5. The Hall–Kier alpha value is -8.01. The number of nitrogens with one attached hydrogen (secondary N) is 9. The summed E-state index contributed by atoms with van der Waals surface area (Å²) in [6, 6.07) is 19.9. The van der Waals surface area contributed by atoms with Crippen molar-refractivity contribution in [3.8, 4) is 0 Å². The molecule has 0 bridgehead atoms. The van der Waals surface area contributed by atoms with Crippen LogP contribution in [0.2, 0.25) is 0 Å². The molecule has 556 valence electrons. The second-order valence-electron chi connectivity index (χ2n) is 22.5. The average molecular weight is 1370 g/mol. The number of amides is 10. The molecule has 0 spiro atoms. The zero-order chi connectivity index (χ0) is 72.7. The highest BCUT2D eigenvalue weighted by atomic mass is 16.5. The third kappa shape index (κ3) is 47.0. The average Bonchev–Trinajstić information content (AvgIpc) is 2.95. The van der Waals surface area contributed by atoms with Gasteiger partial charge in [0.2, 0.25) is 0 Å². The maximum Gasteiger partial charge on any atom is 0.317 e. The van der Waals surface area contributed by atoms with E-state index < -0.39 is 0 Å². The number of piperazine rings is 2. The van der Waals surface area contributed by atoms with Gasteiger partial charge in [0.05, 0.1) is 13.2 Å². The molecule has 5 aliphatic rings. The lowest BCUT2D eigenvalue weighted by Crippen LogP contribution is -2.50. The summed E-state index contributed by atoms with van der Waals surface area (Å²) in [5.41, 5.74) is 2.35. The molecule has 27 nitrogen and oxygen atoms in total. The Morgan fingerprint density at radius 2 is 0.857 bits per heavy atom. The minimum Gasteiger partial charge on any atom is -0.385 e. The minimum absolute atomic E-state index is 0.0639. The number of rotatable bonds is 15. The molecule has 0 radical (unpaired) electrons. The Morgan fingerprint density at radius 1 is 0.439 bits per heavy atom. The number of carbonyl (C=O) groups is 5. The number of pyridine rings is 4. The van der Waals surface area contributed by atoms with Crippen molar-refractivity contribution < 1.29 is 28.7 Å². The van der Waals surface area contributed by atoms with Crippen molar-refractivity contribution in [1.29, 1.82) is 0 Å². The lowest BCUT2D eigenvalue weighted by molar-refractivity contribution is 0.0405. The quantitative estimate of drug-likeness (QED) is 0.0540. The molecule has 4 aromatic heterocycles. The number of morpholine rings is 1. The van der Waals surface area contributed by atoms with Crippen molar-refractivity contribution in [1.82, 2.24) is 86.6 Å². The van der Waals surface area contributed by atoms with E-state index in [9.17, 15) is 24.0 Å². The van der Waals surface area contributed by atoms with Gasteiger partial charge >= 0.3 is 30.2 Å². The van der Waals surface area contributed by atoms with Gasteiger partial charge in [-0.3, -0.25) is 14.9 Å². The molecule has 0 atom stereocenters. The van der Waals surface area contributed by atoms with Gasteiger partial charge in [0.1, 0.15) is 11.6 Å². The van der Waals surface area contributed by atoms with Crippen molar-refractivity contribution in [2.45, 2.75) is 108 Å². The molecular formula is C71H131N21O6. The first kappa shape index (κ1) is 90.0. The standard InChI is InChI=1S/C8H17N3O.C8H16N2O.2C8H12N2.C7H15N3O.C7H14N2O.2C7H10N2.C6H13NO.C5H12N2O/c1-3-9-8(12)11-6-4-10(2)5-7-11;1-2-9-8(11)10-6-4-3-5-7-10;1-3-10(2)8-4-6-9-7-5-8;1-3-10(2)8-6-4-5-7-9-8;1-2-9-7(11)10-5-3-8-4-6-10;1-2-8-7(10)9-5-3-4-6-9;1-2-9-7-3-5-8-6-4-7;1-2-8-7-5-3-4-6-9-7;1-2-7-3-5-8-6-4-7;1-3-6-5(8)7-4-2/h3-7H2,1-2H3,(H,9,12);2-7H2,1H3,(H,9,11);2*4-7H,3H2,1-2H3;8H,2-6H2,1H3,(H,9,11);2-6H2,1H3,(H,8,10);2*3-6H,2H2,1H3,(H,8,9);2-6H2,1H3;3-4H2,1-2H3,(H2,6,7,8). The fourth-order valence-corrected chi connectivity index (χ4v) is 9.09. The first-order chi connectivity index (χ1) is 47.6. The highest BCUT2D eigenvalue weighted by molar-refractivity contribution is 5.75. The molecule has 0 aromatic carbocycles. The molecule has 0 saturated carbocycles. The van der Waals surface area contributed by atoms with Gasteiger partial charge in [0.15, 0.2) is 0 Å². The Morgan fingerprint density at radius 3 is 1.24 bits per heavy atom. The fourth-order valence-electron chi connectivity index (χ4n) is 9.09. The molecule has 10 amide bonds. The van der Waals surface area contributed by atoms with Gasteiger partial charge in [-0.25, -0.2) is 33.9 Å². The third-order valence-electron chi connectivity index (χ3n) is 14.9. The smallest absolute Gasteiger partial charge is 0.317 e. The second-order valence-corrected chi connectivity index (χ2v) is 22.5. The Labute approximate surface area is 590 Å². The fraction of sp³-hybridized carbons (Fsp3) is 0.648. The van der Waals surface area contributed by atoms with Crippen LogP contribution in [0.5, 0.6) is 0 Å². The number of nitrogens with zero attached hydrogens (tertiary/aromatic N) is 12. The normalized spacial score (nSPS) is 14.4. The molecule has 5 saturated heterocycles. The van der Waals surface area contributed by atoms with Gasteiger partial charge in [0.25, 0.3) is 0 Å². The lowest BCUT2D eigenvalue weighted by Gasteiger charge is -2.32. The van der Waals surface area contributed by atoms with Crippen molar-refractivity contribution in [2.24, 2.45) is 0 Å². The van der Waals surface area contributed by atoms with E-state index in [0.29, 0.717) is 26.2 Å². The summed E-state index contributed by atoms with van der Waals surface area (Å²) in [6.45, 7) is 46.4. The van der Waals surface area contributed by atoms with Crippen LogP contribution in [-0.4, -0.2) is 277 Å². The molecule has 5 fully saturated rings. The van der Waals surface area contributed by atoms with E-state index in [0.717, 1.165) is 187 Å². The first-order valence-corrected chi connectivity index (χ1v) is 35.9. The second kappa shape index (κ2) is 62.5. The van der Waals surface area contributed by atoms with E-state index in [4.69, 9.17) is 4.74 Å². The highest BCUT2D eigenvalue weighted by Crippen LogP contribution is 2.10. The van der Waals surface area contributed by atoms with Crippen molar-refractivity contribution in [3.05, 3.63) is 97.8 Å². The van der Waals surface area contributed by atoms with E-state index in [1.807, 2.05) is 147 Å². The number of hydrogen-bond acceptors (Lipinski definition) is 17. The van der Waals surface area contributed by atoms with Crippen LogP contribution in [0.25, 0.3) is 0 Å². The zero-order valence-corrected chi connectivity index (χ0v) is 62.7. The summed E-state index contributed by atoms with van der Waals surface area (Å²) < 4.78 is 5.16. The van der Waals surface area contributed by atoms with Crippen LogP contribution in [0.1, 0.15) is 108 Å². The van der Waals surface area contributed by atoms with Crippen LogP contribution < -0.4 is 57.7 Å². The van der Waals surface area contributed by atoms with Crippen LogP contribution in [0.15, 0.2) is 97.8 Å².